The van der Waals surface area contributed by atoms with E-state index in [0.29, 0.717) is 28.1 Å². The van der Waals surface area contributed by atoms with Crippen molar-refractivity contribution in [3.05, 3.63) is 98.4 Å². The Hall–Kier alpha value is -2.40. The van der Waals surface area contributed by atoms with Crippen LogP contribution in [0.5, 0.6) is 11.5 Å². The molecule has 0 amide bonds. The minimum absolute atomic E-state index is 0.229. The van der Waals surface area contributed by atoms with Gasteiger partial charge in [0, 0.05) is 43.3 Å². The van der Waals surface area contributed by atoms with Gasteiger partial charge in [-0.2, -0.15) is 0 Å². The first-order chi connectivity index (χ1) is 15.1. The summed E-state index contributed by atoms with van der Waals surface area (Å²) in [6, 6.07) is 23.7. The van der Waals surface area contributed by atoms with Gasteiger partial charge in [0.25, 0.3) is 0 Å². The first-order valence-electron chi connectivity index (χ1n) is 9.71. The number of hydrogen-bond donors (Lipinski definition) is 1. The lowest BCUT2D eigenvalue weighted by Gasteiger charge is -2.19. The number of methoxy groups -OCH3 is 1. The number of hydrogen-bond acceptors (Lipinski definition) is 3. The zero-order chi connectivity index (χ0) is 21.8. The van der Waals surface area contributed by atoms with Crippen LogP contribution in [0.3, 0.4) is 0 Å². The highest BCUT2D eigenvalue weighted by molar-refractivity contribution is 9.10. The fourth-order valence-corrected chi connectivity index (χ4v) is 4.40. The molecule has 0 heterocycles. The maximum atomic E-state index is 6.32. The Kier molecular flexibility index (Phi) is 6.91. The molecule has 0 unspecified atom stereocenters. The molecule has 0 aromatic heterocycles. The minimum atomic E-state index is 0.229. The monoisotopic (exact) mass is 515 g/mol. The molecule has 0 aliphatic rings. The van der Waals surface area contributed by atoms with Gasteiger partial charge in [0.05, 0.1) is 7.11 Å². The third-order valence-corrected chi connectivity index (χ3v) is 6.51. The van der Waals surface area contributed by atoms with E-state index in [4.69, 9.17) is 32.7 Å². The van der Waals surface area contributed by atoms with Crippen LogP contribution in [0.2, 0.25) is 10.0 Å². The first kappa shape index (κ1) is 21.8. The normalized spacial score (nSPS) is 10.8. The van der Waals surface area contributed by atoms with Crippen molar-refractivity contribution in [1.29, 1.82) is 0 Å². The molecule has 4 rings (SSSR count). The predicted octanol–water partition coefficient (Wildman–Crippen LogP) is 8.11. The fourth-order valence-electron chi connectivity index (χ4n) is 3.44. The standard InChI is InChI=1S/C25H20BrCl2NO2/c1-30-24-13-12-20(26)18(25(24)31-15-19-21(27)9-5-10-22(19)28)14-29-23-11-4-7-16-6-2-3-8-17(16)23/h2-13,29H,14-15H2,1H3. The van der Waals surface area contributed by atoms with Crippen molar-refractivity contribution < 1.29 is 9.47 Å². The molecule has 4 aromatic carbocycles. The maximum Gasteiger partial charge on any atom is 0.167 e. The lowest BCUT2D eigenvalue weighted by Crippen LogP contribution is -2.07. The molecule has 0 aliphatic carbocycles. The third-order valence-electron chi connectivity index (χ3n) is 5.05. The van der Waals surface area contributed by atoms with Gasteiger partial charge >= 0.3 is 0 Å². The Labute approximate surface area is 200 Å². The Morgan fingerprint density at radius 1 is 0.839 bits per heavy atom. The van der Waals surface area contributed by atoms with Gasteiger partial charge in [-0.25, -0.2) is 0 Å². The molecule has 0 atom stereocenters. The van der Waals surface area contributed by atoms with Crippen LogP contribution in [-0.4, -0.2) is 7.11 Å². The highest BCUT2D eigenvalue weighted by Gasteiger charge is 2.17. The van der Waals surface area contributed by atoms with E-state index in [2.05, 4.69) is 45.5 Å². The van der Waals surface area contributed by atoms with Crippen molar-refractivity contribution in [3.63, 3.8) is 0 Å². The van der Waals surface area contributed by atoms with Crippen molar-refractivity contribution in [1.82, 2.24) is 0 Å². The van der Waals surface area contributed by atoms with Gasteiger partial charge in [-0.15, -0.1) is 0 Å². The zero-order valence-corrected chi connectivity index (χ0v) is 19.9. The van der Waals surface area contributed by atoms with Crippen molar-refractivity contribution >= 4 is 55.6 Å². The number of anilines is 1. The van der Waals surface area contributed by atoms with E-state index in [-0.39, 0.29) is 6.61 Å². The van der Waals surface area contributed by atoms with Crippen molar-refractivity contribution in [3.8, 4) is 11.5 Å². The largest absolute Gasteiger partial charge is 0.493 e. The van der Waals surface area contributed by atoms with Gasteiger partial charge in [0.15, 0.2) is 11.5 Å². The van der Waals surface area contributed by atoms with E-state index >= 15 is 0 Å². The predicted molar refractivity (Wildman–Crippen MR) is 133 cm³/mol. The number of rotatable bonds is 7. The number of benzene rings is 4. The van der Waals surface area contributed by atoms with Crippen molar-refractivity contribution in [2.75, 3.05) is 12.4 Å². The summed E-state index contributed by atoms with van der Waals surface area (Å²) in [6.45, 7) is 0.768. The average molecular weight is 517 g/mol. The summed E-state index contributed by atoms with van der Waals surface area (Å²) < 4.78 is 12.7. The van der Waals surface area contributed by atoms with Gasteiger partial charge < -0.3 is 14.8 Å². The summed E-state index contributed by atoms with van der Waals surface area (Å²) in [5, 5.41) is 7.02. The van der Waals surface area contributed by atoms with Crippen LogP contribution in [0.4, 0.5) is 5.69 Å². The molecule has 31 heavy (non-hydrogen) atoms. The van der Waals surface area contributed by atoms with Gasteiger partial charge in [0.2, 0.25) is 0 Å². The molecule has 0 saturated carbocycles. The molecule has 3 nitrogen and oxygen atoms in total. The summed E-state index contributed by atoms with van der Waals surface area (Å²) in [5.74, 6) is 1.28. The Bertz CT molecular complexity index is 1200. The molecule has 0 fully saturated rings. The number of fused-ring (bicyclic) bond motifs is 1. The van der Waals surface area contributed by atoms with E-state index in [0.717, 1.165) is 26.7 Å². The maximum absolute atomic E-state index is 6.32. The highest BCUT2D eigenvalue weighted by Crippen LogP contribution is 2.38. The van der Waals surface area contributed by atoms with Gasteiger partial charge in [-0.05, 0) is 35.7 Å². The van der Waals surface area contributed by atoms with Crippen LogP contribution in [0.25, 0.3) is 10.8 Å². The topological polar surface area (TPSA) is 30.5 Å². The summed E-state index contributed by atoms with van der Waals surface area (Å²) in [6.07, 6.45) is 0. The molecular formula is C25H20BrCl2NO2. The van der Waals surface area contributed by atoms with Crippen molar-refractivity contribution in [2.24, 2.45) is 0 Å². The molecular weight excluding hydrogens is 497 g/mol. The Balaban J connectivity index is 1.64. The van der Waals surface area contributed by atoms with Crippen LogP contribution in [0.15, 0.2) is 77.3 Å². The van der Waals surface area contributed by atoms with E-state index in [1.54, 1.807) is 19.2 Å². The molecule has 0 bridgehead atoms. The third kappa shape index (κ3) is 4.77. The number of ether oxygens (including phenoxy) is 2. The van der Waals surface area contributed by atoms with Crippen LogP contribution in [-0.2, 0) is 13.2 Å². The minimum Gasteiger partial charge on any atom is -0.493 e. The van der Waals surface area contributed by atoms with Crippen LogP contribution in [0, 0.1) is 0 Å². The molecule has 1 N–H and O–H groups in total. The van der Waals surface area contributed by atoms with Crippen LogP contribution in [0.1, 0.15) is 11.1 Å². The Morgan fingerprint density at radius 2 is 1.55 bits per heavy atom. The lowest BCUT2D eigenvalue weighted by molar-refractivity contribution is 0.281. The molecule has 0 saturated heterocycles. The Morgan fingerprint density at radius 3 is 2.32 bits per heavy atom. The number of halogens is 3. The summed E-state index contributed by atoms with van der Waals surface area (Å²) in [5.41, 5.74) is 2.73. The highest BCUT2D eigenvalue weighted by atomic mass is 79.9. The van der Waals surface area contributed by atoms with Gasteiger partial charge in [0.1, 0.15) is 6.61 Å². The van der Waals surface area contributed by atoms with Crippen molar-refractivity contribution in [2.45, 2.75) is 13.2 Å². The molecule has 0 spiro atoms. The molecule has 6 heteroatoms. The second-order valence-electron chi connectivity index (χ2n) is 6.93. The van der Waals surface area contributed by atoms with E-state index in [1.165, 1.54) is 5.39 Å². The second-order valence-corrected chi connectivity index (χ2v) is 8.60. The van der Waals surface area contributed by atoms with Crippen LogP contribution < -0.4 is 14.8 Å². The number of nitrogens with one attached hydrogen (secondary N) is 1. The average Bonchev–Trinajstić information content (AvgIpc) is 2.78. The van der Waals surface area contributed by atoms with E-state index in [1.807, 2.05) is 36.4 Å². The SMILES string of the molecule is COc1ccc(Br)c(CNc2cccc3ccccc23)c1OCc1c(Cl)cccc1Cl. The first-order valence-corrected chi connectivity index (χ1v) is 11.3. The van der Waals surface area contributed by atoms with Gasteiger partial charge in [-0.1, -0.05) is 81.6 Å². The summed E-state index contributed by atoms with van der Waals surface area (Å²) >= 11 is 16.3. The molecule has 0 aliphatic heterocycles. The smallest absolute Gasteiger partial charge is 0.167 e. The molecule has 0 radical (unpaired) electrons. The molecule has 4 aromatic rings. The summed E-state index contributed by atoms with van der Waals surface area (Å²) in [7, 11) is 1.63. The zero-order valence-electron chi connectivity index (χ0n) is 16.8. The van der Waals surface area contributed by atoms with Crippen LogP contribution >= 0.6 is 39.1 Å². The fraction of sp³-hybridized carbons (Fsp3) is 0.120. The summed E-state index contributed by atoms with van der Waals surface area (Å²) in [4.78, 5) is 0. The van der Waals surface area contributed by atoms with E-state index in [9.17, 15) is 0 Å². The second kappa shape index (κ2) is 9.82. The molecule has 158 valence electrons. The quantitative estimate of drug-likeness (QED) is 0.269. The van der Waals surface area contributed by atoms with E-state index < -0.39 is 0 Å². The van der Waals surface area contributed by atoms with Gasteiger partial charge in [-0.3, -0.25) is 0 Å². The lowest BCUT2D eigenvalue weighted by atomic mass is 10.1.